The van der Waals surface area contributed by atoms with Crippen LogP contribution in [0.3, 0.4) is 0 Å². The number of hydrogen-bond donors (Lipinski definition) is 1. The summed E-state index contributed by atoms with van der Waals surface area (Å²) in [5, 5.41) is 0.578. The van der Waals surface area contributed by atoms with E-state index >= 15 is 0 Å². The fourth-order valence-corrected chi connectivity index (χ4v) is 4.24. The van der Waals surface area contributed by atoms with Crippen LogP contribution in [0.5, 0.6) is 0 Å². The molecule has 2 rings (SSSR count). The van der Waals surface area contributed by atoms with Crippen molar-refractivity contribution in [1.29, 1.82) is 0 Å². The molecule has 0 aliphatic carbocycles. The van der Waals surface area contributed by atoms with Crippen molar-refractivity contribution in [3.63, 3.8) is 0 Å². The third-order valence-electron chi connectivity index (χ3n) is 2.81. The lowest BCUT2D eigenvalue weighted by molar-refractivity contribution is 0.566. The van der Waals surface area contributed by atoms with Crippen molar-refractivity contribution in [2.24, 2.45) is 0 Å². The minimum absolute atomic E-state index is 0.217. The van der Waals surface area contributed by atoms with Gasteiger partial charge < -0.3 is 0 Å². The maximum absolute atomic E-state index is 12.3. The highest BCUT2D eigenvalue weighted by Crippen LogP contribution is 2.24. The Morgan fingerprint density at radius 2 is 1.85 bits per heavy atom. The SMILES string of the molecule is CC(NS(=O)(=O)c1ccccc1Br)c1cccc(Cl)c1. The van der Waals surface area contributed by atoms with E-state index in [1.54, 1.807) is 49.4 Å². The fraction of sp³-hybridized carbons (Fsp3) is 0.143. The second-order valence-electron chi connectivity index (χ2n) is 4.33. The van der Waals surface area contributed by atoms with Gasteiger partial charge >= 0.3 is 0 Å². The quantitative estimate of drug-likeness (QED) is 0.874. The minimum atomic E-state index is -3.59. The van der Waals surface area contributed by atoms with E-state index in [4.69, 9.17) is 11.6 Å². The maximum atomic E-state index is 12.3. The first-order valence-corrected chi connectivity index (χ1v) is 8.58. The largest absolute Gasteiger partial charge is 0.242 e. The molecule has 0 amide bonds. The van der Waals surface area contributed by atoms with Gasteiger partial charge in [-0.15, -0.1) is 0 Å². The van der Waals surface area contributed by atoms with E-state index in [2.05, 4.69) is 20.7 Å². The first-order chi connectivity index (χ1) is 9.40. The molecule has 0 fully saturated rings. The zero-order valence-corrected chi connectivity index (χ0v) is 13.8. The average molecular weight is 375 g/mol. The Balaban J connectivity index is 2.27. The van der Waals surface area contributed by atoms with Gasteiger partial charge in [-0.3, -0.25) is 0 Å². The maximum Gasteiger partial charge on any atom is 0.242 e. The standard InChI is InChI=1S/C14H13BrClNO2S/c1-10(11-5-4-6-12(16)9-11)17-20(18,19)14-8-3-2-7-13(14)15/h2-10,17H,1H3. The van der Waals surface area contributed by atoms with E-state index in [1.807, 2.05) is 6.07 Å². The molecule has 3 nitrogen and oxygen atoms in total. The van der Waals surface area contributed by atoms with E-state index in [1.165, 1.54) is 0 Å². The van der Waals surface area contributed by atoms with Gasteiger partial charge in [0.25, 0.3) is 0 Å². The zero-order chi connectivity index (χ0) is 14.8. The van der Waals surface area contributed by atoms with E-state index in [9.17, 15) is 8.42 Å². The van der Waals surface area contributed by atoms with Gasteiger partial charge in [-0.1, -0.05) is 35.9 Å². The highest BCUT2D eigenvalue weighted by atomic mass is 79.9. The highest BCUT2D eigenvalue weighted by Gasteiger charge is 2.20. The van der Waals surface area contributed by atoms with Crippen LogP contribution in [0.25, 0.3) is 0 Å². The van der Waals surface area contributed by atoms with Crippen molar-refractivity contribution in [2.45, 2.75) is 17.9 Å². The summed E-state index contributed by atoms with van der Waals surface area (Å²) in [5.74, 6) is 0. The van der Waals surface area contributed by atoms with Crippen molar-refractivity contribution in [3.05, 3.63) is 63.6 Å². The normalized spacial score (nSPS) is 13.2. The predicted molar refractivity (Wildman–Crippen MR) is 84.3 cm³/mol. The molecule has 2 aromatic carbocycles. The predicted octanol–water partition coefficient (Wildman–Crippen LogP) is 4.14. The van der Waals surface area contributed by atoms with Gasteiger partial charge in [-0.2, -0.15) is 0 Å². The summed E-state index contributed by atoms with van der Waals surface area (Å²) in [4.78, 5) is 0.217. The van der Waals surface area contributed by atoms with Gasteiger partial charge in [0.1, 0.15) is 0 Å². The summed E-state index contributed by atoms with van der Waals surface area (Å²) < 4.78 is 27.9. The molecule has 20 heavy (non-hydrogen) atoms. The molecule has 6 heteroatoms. The fourth-order valence-electron chi connectivity index (χ4n) is 1.80. The molecule has 0 bridgehead atoms. The molecule has 2 aromatic rings. The second-order valence-corrected chi connectivity index (χ2v) is 7.30. The Bertz CT molecular complexity index is 719. The minimum Gasteiger partial charge on any atom is -0.207 e. The number of nitrogens with one attached hydrogen (secondary N) is 1. The number of halogens is 2. The molecule has 1 N–H and O–H groups in total. The molecule has 0 spiro atoms. The van der Waals surface area contributed by atoms with Gasteiger partial charge in [0, 0.05) is 15.5 Å². The Labute approximate surface area is 132 Å². The first-order valence-electron chi connectivity index (χ1n) is 5.92. The van der Waals surface area contributed by atoms with Gasteiger partial charge in [-0.05, 0) is 52.7 Å². The zero-order valence-electron chi connectivity index (χ0n) is 10.7. The van der Waals surface area contributed by atoms with Gasteiger partial charge in [-0.25, -0.2) is 13.1 Å². The molecule has 1 unspecified atom stereocenters. The summed E-state index contributed by atoms with van der Waals surface area (Å²) >= 11 is 9.17. The van der Waals surface area contributed by atoms with Gasteiger partial charge in [0.15, 0.2) is 0 Å². The van der Waals surface area contributed by atoms with E-state index in [-0.39, 0.29) is 10.9 Å². The number of benzene rings is 2. The van der Waals surface area contributed by atoms with Crippen molar-refractivity contribution in [3.8, 4) is 0 Å². The molecule has 0 aromatic heterocycles. The summed E-state index contributed by atoms with van der Waals surface area (Å²) in [6.45, 7) is 1.78. The topological polar surface area (TPSA) is 46.2 Å². The Morgan fingerprint density at radius 1 is 1.15 bits per heavy atom. The van der Waals surface area contributed by atoms with Gasteiger partial charge in [0.05, 0.1) is 4.90 Å². The summed E-state index contributed by atoms with van der Waals surface area (Å²) in [5.41, 5.74) is 0.813. The third-order valence-corrected chi connectivity index (χ3v) is 5.59. The number of hydrogen-bond acceptors (Lipinski definition) is 2. The van der Waals surface area contributed by atoms with E-state index in [0.29, 0.717) is 9.50 Å². The van der Waals surface area contributed by atoms with Crippen LogP contribution in [0, 0.1) is 0 Å². The van der Waals surface area contributed by atoms with E-state index < -0.39 is 10.0 Å². The smallest absolute Gasteiger partial charge is 0.207 e. The number of sulfonamides is 1. The summed E-state index contributed by atoms with van der Waals surface area (Å²) in [7, 11) is -3.59. The lowest BCUT2D eigenvalue weighted by atomic mass is 10.1. The molecule has 0 radical (unpaired) electrons. The van der Waals surface area contributed by atoms with Crippen LogP contribution in [0.4, 0.5) is 0 Å². The summed E-state index contributed by atoms with van der Waals surface area (Å²) in [6.07, 6.45) is 0. The lowest BCUT2D eigenvalue weighted by Crippen LogP contribution is -2.27. The molecule has 106 valence electrons. The average Bonchev–Trinajstić information content (AvgIpc) is 2.38. The molecule has 0 aliphatic rings. The Kier molecular flexibility index (Phi) is 4.86. The van der Waals surface area contributed by atoms with Crippen molar-refractivity contribution < 1.29 is 8.42 Å². The molecule has 0 saturated heterocycles. The van der Waals surface area contributed by atoms with Gasteiger partial charge in [0.2, 0.25) is 10.0 Å². The highest BCUT2D eigenvalue weighted by molar-refractivity contribution is 9.10. The lowest BCUT2D eigenvalue weighted by Gasteiger charge is -2.15. The van der Waals surface area contributed by atoms with Crippen molar-refractivity contribution in [1.82, 2.24) is 4.72 Å². The molecule has 1 atom stereocenters. The van der Waals surface area contributed by atoms with Crippen LogP contribution >= 0.6 is 27.5 Å². The second kappa shape index (κ2) is 6.26. The molecule has 0 saturated carbocycles. The van der Waals surface area contributed by atoms with Crippen LogP contribution < -0.4 is 4.72 Å². The summed E-state index contributed by atoms with van der Waals surface area (Å²) in [6, 6.07) is 13.4. The monoisotopic (exact) mass is 373 g/mol. The Hall–Kier alpha value is -0.880. The first kappa shape index (κ1) is 15.5. The van der Waals surface area contributed by atoms with Crippen molar-refractivity contribution in [2.75, 3.05) is 0 Å². The molecular formula is C14H13BrClNO2S. The molecule has 0 heterocycles. The van der Waals surface area contributed by atoms with Crippen LogP contribution in [-0.2, 0) is 10.0 Å². The third kappa shape index (κ3) is 3.61. The Morgan fingerprint density at radius 3 is 2.50 bits per heavy atom. The number of rotatable bonds is 4. The van der Waals surface area contributed by atoms with Crippen LogP contribution in [0.1, 0.15) is 18.5 Å². The van der Waals surface area contributed by atoms with E-state index in [0.717, 1.165) is 5.56 Å². The van der Waals surface area contributed by atoms with Crippen molar-refractivity contribution >= 4 is 37.6 Å². The molecule has 0 aliphatic heterocycles. The van der Waals surface area contributed by atoms with Crippen LogP contribution in [0.2, 0.25) is 5.02 Å². The van der Waals surface area contributed by atoms with Crippen LogP contribution in [0.15, 0.2) is 57.9 Å². The molecular weight excluding hydrogens is 362 g/mol. The van der Waals surface area contributed by atoms with Crippen LogP contribution in [-0.4, -0.2) is 8.42 Å².